The number of amides is 1. The SMILES string of the molecule is C=CC(=O)Nc1ccc2ncn(-c3cc(NCC4CC4)ncn3)c2c1. The summed E-state index contributed by atoms with van der Waals surface area (Å²) in [4.78, 5) is 24.5. The zero-order valence-corrected chi connectivity index (χ0v) is 13.6. The fraction of sp³-hybridized carbons (Fsp3) is 0.222. The van der Waals surface area contributed by atoms with E-state index in [4.69, 9.17) is 0 Å². The molecule has 2 aromatic heterocycles. The Bertz CT molecular complexity index is 944. The highest BCUT2D eigenvalue weighted by molar-refractivity contribution is 6.00. The van der Waals surface area contributed by atoms with Gasteiger partial charge in [-0.15, -0.1) is 0 Å². The van der Waals surface area contributed by atoms with Crippen LogP contribution in [0.4, 0.5) is 11.5 Å². The zero-order valence-electron chi connectivity index (χ0n) is 13.6. The topological polar surface area (TPSA) is 84.7 Å². The van der Waals surface area contributed by atoms with Crippen molar-refractivity contribution < 1.29 is 4.79 Å². The summed E-state index contributed by atoms with van der Waals surface area (Å²) < 4.78 is 1.88. The van der Waals surface area contributed by atoms with Crippen molar-refractivity contribution in [3.63, 3.8) is 0 Å². The fourth-order valence-electron chi connectivity index (χ4n) is 2.61. The third-order valence-electron chi connectivity index (χ3n) is 4.17. The Morgan fingerprint density at radius 3 is 2.96 bits per heavy atom. The van der Waals surface area contributed by atoms with Gasteiger partial charge in [-0.25, -0.2) is 15.0 Å². The van der Waals surface area contributed by atoms with Crippen molar-refractivity contribution in [1.82, 2.24) is 19.5 Å². The Balaban J connectivity index is 1.65. The number of fused-ring (bicyclic) bond motifs is 1. The molecule has 1 aliphatic carbocycles. The number of aromatic nitrogens is 4. The predicted octanol–water partition coefficient (Wildman–Crippen LogP) is 2.76. The van der Waals surface area contributed by atoms with Crippen LogP contribution < -0.4 is 10.6 Å². The molecule has 1 aliphatic rings. The van der Waals surface area contributed by atoms with E-state index >= 15 is 0 Å². The van der Waals surface area contributed by atoms with E-state index in [0.29, 0.717) is 5.69 Å². The first-order valence-corrected chi connectivity index (χ1v) is 8.20. The molecule has 126 valence electrons. The molecule has 1 aromatic carbocycles. The molecule has 2 N–H and O–H groups in total. The van der Waals surface area contributed by atoms with Gasteiger partial charge in [0.2, 0.25) is 5.91 Å². The van der Waals surface area contributed by atoms with Gasteiger partial charge in [0.15, 0.2) is 0 Å². The van der Waals surface area contributed by atoms with Gasteiger partial charge >= 0.3 is 0 Å². The van der Waals surface area contributed by atoms with Crippen LogP contribution >= 0.6 is 0 Å². The maximum Gasteiger partial charge on any atom is 0.247 e. The lowest BCUT2D eigenvalue weighted by molar-refractivity contribution is -0.111. The Kier molecular flexibility index (Phi) is 3.89. The van der Waals surface area contributed by atoms with Crippen molar-refractivity contribution >= 4 is 28.4 Å². The van der Waals surface area contributed by atoms with E-state index in [1.807, 2.05) is 28.8 Å². The van der Waals surface area contributed by atoms with E-state index in [-0.39, 0.29) is 5.91 Å². The molecule has 4 rings (SSSR count). The van der Waals surface area contributed by atoms with Crippen molar-refractivity contribution in [3.8, 4) is 5.82 Å². The first kappa shape index (κ1) is 15.3. The van der Waals surface area contributed by atoms with Crippen LogP contribution in [0.2, 0.25) is 0 Å². The maximum absolute atomic E-state index is 11.5. The van der Waals surface area contributed by atoms with Crippen LogP contribution in [-0.4, -0.2) is 32.0 Å². The number of hydrogen-bond acceptors (Lipinski definition) is 5. The first-order valence-electron chi connectivity index (χ1n) is 8.20. The second kappa shape index (κ2) is 6.35. The molecule has 7 heteroatoms. The molecule has 0 aliphatic heterocycles. The standard InChI is InChI=1S/C18H18N6O/c1-2-18(25)23-13-5-6-14-15(7-13)24(11-22-14)17-8-16(20-10-21-17)19-9-12-3-4-12/h2,5-8,10-12H,1,3-4,9H2,(H,23,25)(H,19,20,21). The Labute approximate surface area is 144 Å². The van der Waals surface area contributed by atoms with Crippen molar-refractivity contribution in [2.75, 3.05) is 17.2 Å². The lowest BCUT2D eigenvalue weighted by Gasteiger charge is -2.08. The number of benzene rings is 1. The molecule has 7 nitrogen and oxygen atoms in total. The third kappa shape index (κ3) is 3.35. The van der Waals surface area contributed by atoms with Gasteiger partial charge in [-0.05, 0) is 43.0 Å². The van der Waals surface area contributed by atoms with Crippen LogP contribution in [0.1, 0.15) is 12.8 Å². The van der Waals surface area contributed by atoms with E-state index in [0.717, 1.165) is 35.1 Å². The van der Waals surface area contributed by atoms with E-state index < -0.39 is 0 Å². The van der Waals surface area contributed by atoms with Gasteiger partial charge in [0.25, 0.3) is 0 Å². The average molecular weight is 334 g/mol. The van der Waals surface area contributed by atoms with Crippen LogP contribution in [0, 0.1) is 5.92 Å². The Hall–Kier alpha value is -3.22. The smallest absolute Gasteiger partial charge is 0.247 e. The van der Waals surface area contributed by atoms with Gasteiger partial charge in [-0.2, -0.15) is 0 Å². The molecule has 1 saturated carbocycles. The summed E-state index contributed by atoms with van der Waals surface area (Å²) in [6, 6.07) is 7.43. The van der Waals surface area contributed by atoms with Crippen molar-refractivity contribution in [1.29, 1.82) is 0 Å². The van der Waals surface area contributed by atoms with Crippen molar-refractivity contribution in [2.45, 2.75) is 12.8 Å². The van der Waals surface area contributed by atoms with E-state index in [1.165, 1.54) is 18.9 Å². The number of carbonyl (C=O) groups excluding carboxylic acids is 1. The lowest BCUT2D eigenvalue weighted by Crippen LogP contribution is -2.08. The molecule has 1 fully saturated rings. The largest absolute Gasteiger partial charge is 0.370 e. The quantitative estimate of drug-likeness (QED) is 0.677. The minimum absolute atomic E-state index is 0.251. The van der Waals surface area contributed by atoms with Crippen LogP contribution in [0.3, 0.4) is 0 Å². The Morgan fingerprint density at radius 1 is 1.28 bits per heavy atom. The minimum atomic E-state index is -0.251. The van der Waals surface area contributed by atoms with Gasteiger partial charge in [0.05, 0.1) is 11.0 Å². The summed E-state index contributed by atoms with van der Waals surface area (Å²) in [5.41, 5.74) is 2.36. The maximum atomic E-state index is 11.5. The third-order valence-corrected chi connectivity index (χ3v) is 4.17. The van der Waals surface area contributed by atoms with Gasteiger partial charge in [0.1, 0.15) is 24.3 Å². The van der Waals surface area contributed by atoms with Gasteiger partial charge in [-0.1, -0.05) is 6.58 Å². The molecule has 2 heterocycles. The van der Waals surface area contributed by atoms with Crippen LogP contribution in [0.15, 0.2) is 49.6 Å². The van der Waals surface area contributed by atoms with Crippen LogP contribution in [-0.2, 0) is 4.79 Å². The zero-order chi connectivity index (χ0) is 17.2. The van der Waals surface area contributed by atoms with E-state index in [9.17, 15) is 4.79 Å². The molecule has 25 heavy (non-hydrogen) atoms. The molecular weight excluding hydrogens is 316 g/mol. The van der Waals surface area contributed by atoms with Crippen molar-refractivity contribution in [2.24, 2.45) is 5.92 Å². The monoisotopic (exact) mass is 334 g/mol. The normalized spacial score (nSPS) is 13.6. The van der Waals surface area contributed by atoms with Gasteiger partial charge in [0, 0.05) is 18.3 Å². The molecule has 0 radical (unpaired) electrons. The number of rotatable bonds is 6. The number of imidazole rings is 1. The molecule has 0 spiro atoms. The molecule has 0 saturated heterocycles. The summed E-state index contributed by atoms with van der Waals surface area (Å²) in [5, 5.41) is 6.11. The highest BCUT2D eigenvalue weighted by atomic mass is 16.1. The summed E-state index contributed by atoms with van der Waals surface area (Å²) in [7, 11) is 0. The van der Waals surface area contributed by atoms with Crippen LogP contribution in [0.25, 0.3) is 16.9 Å². The highest BCUT2D eigenvalue weighted by Gasteiger charge is 2.20. The average Bonchev–Trinajstić information content (AvgIpc) is 3.38. The van der Waals surface area contributed by atoms with Crippen molar-refractivity contribution in [3.05, 3.63) is 49.6 Å². The minimum Gasteiger partial charge on any atom is -0.370 e. The molecule has 0 atom stereocenters. The molecule has 0 unspecified atom stereocenters. The first-order chi connectivity index (χ1) is 12.2. The van der Waals surface area contributed by atoms with Gasteiger partial charge < -0.3 is 10.6 Å². The second-order valence-electron chi connectivity index (χ2n) is 6.10. The van der Waals surface area contributed by atoms with E-state index in [2.05, 4.69) is 32.2 Å². The number of nitrogens with zero attached hydrogens (tertiary/aromatic N) is 4. The highest BCUT2D eigenvalue weighted by Crippen LogP contribution is 2.29. The number of nitrogens with one attached hydrogen (secondary N) is 2. The van der Waals surface area contributed by atoms with Crippen LogP contribution in [0.5, 0.6) is 0 Å². The number of carbonyl (C=O) groups is 1. The summed E-state index contributed by atoms with van der Waals surface area (Å²) in [5.74, 6) is 2.04. The lowest BCUT2D eigenvalue weighted by atomic mass is 10.2. The fourth-order valence-corrected chi connectivity index (χ4v) is 2.61. The molecule has 3 aromatic rings. The summed E-state index contributed by atoms with van der Waals surface area (Å²) in [6.07, 6.45) is 7.08. The predicted molar refractivity (Wildman–Crippen MR) is 96.7 cm³/mol. The molecule has 1 amide bonds. The number of anilines is 2. The second-order valence-corrected chi connectivity index (χ2v) is 6.10. The van der Waals surface area contributed by atoms with Gasteiger partial charge in [-0.3, -0.25) is 9.36 Å². The summed E-state index contributed by atoms with van der Waals surface area (Å²) in [6.45, 7) is 4.41. The summed E-state index contributed by atoms with van der Waals surface area (Å²) >= 11 is 0. The number of hydrogen-bond donors (Lipinski definition) is 2. The molecule has 0 bridgehead atoms. The molecular formula is C18H18N6O. The van der Waals surface area contributed by atoms with E-state index in [1.54, 1.807) is 12.7 Å². The Morgan fingerprint density at radius 2 is 2.16 bits per heavy atom.